The van der Waals surface area contributed by atoms with Crippen LogP contribution in [0.4, 0.5) is 10.1 Å². The second kappa shape index (κ2) is 5.30. The van der Waals surface area contributed by atoms with Gasteiger partial charge in [-0.1, -0.05) is 30.3 Å². The number of rotatable bonds is 2. The van der Waals surface area contributed by atoms with Crippen molar-refractivity contribution in [3.63, 3.8) is 0 Å². The smallest absolute Gasteiger partial charge is 0.244 e. The normalized spacial score (nSPS) is 19.3. The molecule has 0 spiro atoms. The van der Waals surface area contributed by atoms with Gasteiger partial charge < -0.3 is 10.6 Å². The van der Waals surface area contributed by atoms with Crippen molar-refractivity contribution in [1.82, 2.24) is 0 Å². The summed E-state index contributed by atoms with van der Waals surface area (Å²) in [6, 6.07) is 13.5. The number of anilines is 1. The van der Waals surface area contributed by atoms with Crippen LogP contribution in [0.3, 0.4) is 0 Å². The lowest BCUT2D eigenvalue weighted by atomic mass is 9.94. The molecule has 0 unspecified atom stereocenters. The number of benzene rings is 2. The summed E-state index contributed by atoms with van der Waals surface area (Å²) < 4.78 is 13.4. The predicted octanol–water partition coefficient (Wildman–Crippen LogP) is 2.80. The quantitative estimate of drug-likeness (QED) is 0.921. The van der Waals surface area contributed by atoms with Gasteiger partial charge >= 0.3 is 0 Å². The molecule has 2 aromatic carbocycles. The molecule has 0 fully saturated rings. The highest BCUT2D eigenvalue weighted by molar-refractivity contribution is 6.00. The molecule has 2 aromatic rings. The Morgan fingerprint density at radius 2 is 1.95 bits per heavy atom. The minimum atomic E-state index is -0.620. The summed E-state index contributed by atoms with van der Waals surface area (Å²) in [6.07, 6.45) is 0.379. The third kappa shape index (κ3) is 2.43. The van der Waals surface area contributed by atoms with E-state index in [9.17, 15) is 9.18 Å². The molecule has 1 amide bonds. The first-order valence-electron chi connectivity index (χ1n) is 7.00. The van der Waals surface area contributed by atoms with Gasteiger partial charge in [-0.2, -0.15) is 0 Å². The van der Waals surface area contributed by atoms with Gasteiger partial charge in [0.2, 0.25) is 5.91 Å². The maximum Gasteiger partial charge on any atom is 0.244 e. The van der Waals surface area contributed by atoms with E-state index in [4.69, 9.17) is 5.73 Å². The lowest BCUT2D eigenvalue weighted by Crippen LogP contribution is -2.49. The van der Waals surface area contributed by atoms with E-state index >= 15 is 0 Å². The first-order valence-corrected chi connectivity index (χ1v) is 7.00. The van der Waals surface area contributed by atoms with Gasteiger partial charge in [0.15, 0.2) is 0 Å². The summed E-state index contributed by atoms with van der Waals surface area (Å²) in [7, 11) is 0. The van der Waals surface area contributed by atoms with E-state index in [1.54, 1.807) is 11.0 Å². The Labute approximate surface area is 123 Å². The van der Waals surface area contributed by atoms with Crippen molar-refractivity contribution >= 4 is 11.6 Å². The van der Waals surface area contributed by atoms with Crippen LogP contribution in [-0.2, 0) is 11.2 Å². The molecule has 4 heteroatoms. The minimum absolute atomic E-state index is 0.120. The minimum Gasteiger partial charge on any atom is -0.320 e. The molecule has 0 saturated heterocycles. The molecule has 3 rings (SSSR count). The van der Waals surface area contributed by atoms with Crippen LogP contribution < -0.4 is 10.6 Å². The maximum atomic E-state index is 13.4. The molecule has 0 radical (unpaired) electrons. The highest BCUT2D eigenvalue weighted by atomic mass is 19.1. The molecule has 0 aromatic heterocycles. The van der Waals surface area contributed by atoms with Crippen LogP contribution in [0.5, 0.6) is 0 Å². The zero-order valence-corrected chi connectivity index (χ0v) is 11.8. The van der Waals surface area contributed by atoms with Crippen LogP contribution in [0.1, 0.15) is 24.1 Å². The first kappa shape index (κ1) is 13.8. The van der Waals surface area contributed by atoms with E-state index < -0.39 is 6.04 Å². The molecule has 2 atom stereocenters. The van der Waals surface area contributed by atoms with Crippen molar-refractivity contribution in [2.45, 2.75) is 25.4 Å². The van der Waals surface area contributed by atoms with Crippen molar-refractivity contribution in [1.29, 1.82) is 0 Å². The molecule has 21 heavy (non-hydrogen) atoms. The lowest BCUT2D eigenvalue weighted by molar-refractivity contribution is -0.120. The van der Waals surface area contributed by atoms with Gasteiger partial charge in [0.25, 0.3) is 0 Å². The van der Waals surface area contributed by atoms with E-state index in [-0.39, 0.29) is 17.8 Å². The Kier molecular flexibility index (Phi) is 3.47. The lowest BCUT2D eigenvalue weighted by Gasteiger charge is -2.37. The molecule has 1 heterocycles. The summed E-state index contributed by atoms with van der Waals surface area (Å²) in [6.45, 7) is 1.96. The largest absolute Gasteiger partial charge is 0.320 e. The van der Waals surface area contributed by atoms with Crippen LogP contribution in [0, 0.1) is 5.82 Å². The average molecular weight is 284 g/mol. The molecule has 1 aliphatic heterocycles. The van der Waals surface area contributed by atoms with E-state index in [0.29, 0.717) is 6.42 Å². The van der Waals surface area contributed by atoms with E-state index in [1.165, 1.54) is 12.1 Å². The fourth-order valence-electron chi connectivity index (χ4n) is 2.85. The monoisotopic (exact) mass is 284 g/mol. The maximum absolute atomic E-state index is 13.4. The zero-order chi connectivity index (χ0) is 15.0. The van der Waals surface area contributed by atoms with Crippen molar-refractivity contribution in [3.05, 3.63) is 65.5 Å². The topological polar surface area (TPSA) is 46.3 Å². The highest BCUT2D eigenvalue weighted by Crippen LogP contribution is 2.34. The summed E-state index contributed by atoms with van der Waals surface area (Å²) in [5.41, 5.74) is 8.49. The molecular formula is C17H17FN2O. The molecule has 3 nitrogen and oxygen atoms in total. The van der Waals surface area contributed by atoms with E-state index in [0.717, 1.165) is 16.8 Å². The Hall–Kier alpha value is -2.20. The number of halogens is 1. The fraction of sp³-hybridized carbons (Fsp3) is 0.235. The SMILES string of the molecule is C[C@@H](c1ccccc1)N1C(=O)[C@H](N)Cc2cc(F)ccc21. The fourth-order valence-corrected chi connectivity index (χ4v) is 2.85. The van der Waals surface area contributed by atoms with Crippen molar-refractivity contribution in [2.75, 3.05) is 4.90 Å². The standard InChI is InChI=1S/C17H17FN2O/c1-11(12-5-3-2-4-6-12)20-16-8-7-14(18)9-13(16)10-15(19)17(20)21/h2-9,11,15H,10,19H2,1H3/t11-,15+/m0/s1. The summed E-state index contributed by atoms with van der Waals surface area (Å²) in [5.74, 6) is -0.423. The van der Waals surface area contributed by atoms with Gasteiger partial charge in [0, 0.05) is 5.69 Å². The van der Waals surface area contributed by atoms with Crippen LogP contribution in [0.15, 0.2) is 48.5 Å². The summed E-state index contributed by atoms with van der Waals surface area (Å²) in [4.78, 5) is 14.2. The molecule has 2 N–H and O–H groups in total. The molecular weight excluding hydrogens is 267 g/mol. The molecule has 0 bridgehead atoms. The number of hydrogen-bond donors (Lipinski definition) is 1. The Morgan fingerprint density at radius 3 is 2.67 bits per heavy atom. The second-order valence-electron chi connectivity index (χ2n) is 5.38. The molecule has 0 aliphatic carbocycles. The van der Waals surface area contributed by atoms with Gasteiger partial charge in [-0.15, -0.1) is 0 Å². The molecule has 108 valence electrons. The van der Waals surface area contributed by atoms with Crippen molar-refractivity contribution in [2.24, 2.45) is 5.73 Å². The highest BCUT2D eigenvalue weighted by Gasteiger charge is 2.34. The number of fused-ring (bicyclic) bond motifs is 1. The molecule has 0 saturated carbocycles. The summed E-state index contributed by atoms with van der Waals surface area (Å²) in [5, 5.41) is 0. The summed E-state index contributed by atoms with van der Waals surface area (Å²) >= 11 is 0. The van der Waals surface area contributed by atoms with E-state index in [2.05, 4.69) is 0 Å². The number of amides is 1. The average Bonchev–Trinajstić information content (AvgIpc) is 2.49. The Balaban J connectivity index is 2.07. The van der Waals surface area contributed by atoms with Gasteiger partial charge in [-0.05, 0) is 42.7 Å². The van der Waals surface area contributed by atoms with Gasteiger partial charge in [-0.25, -0.2) is 4.39 Å². The third-order valence-electron chi connectivity index (χ3n) is 3.96. The van der Waals surface area contributed by atoms with Crippen LogP contribution in [-0.4, -0.2) is 11.9 Å². The second-order valence-corrected chi connectivity index (χ2v) is 5.38. The van der Waals surface area contributed by atoms with Gasteiger partial charge in [0.05, 0.1) is 12.1 Å². The number of carbonyl (C=O) groups excluding carboxylic acids is 1. The first-order chi connectivity index (χ1) is 10.1. The number of carbonyl (C=O) groups is 1. The van der Waals surface area contributed by atoms with Gasteiger partial charge in [-0.3, -0.25) is 4.79 Å². The molecule has 1 aliphatic rings. The van der Waals surface area contributed by atoms with Crippen LogP contribution in [0.25, 0.3) is 0 Å². The Morgan fingerprint density at radius 1 is 1.24 bits per heavy atom. The van der Waals surface area contributed by atoms with Gasteiger partial charge in [0.1, 0.15) is 5.82 Å². The predicted molar refractivity (Wildman–Crippen MR) is 80.4 cm³/mol. The number of hydrogen-bond acceptors (Lipinski definition) is 2. The van der Waals surface area contributed by atoms with Crippen LogP contribution >= 0.6 is 0 Å². The van der Waals surface area contributed by atoms with E-state index in [1.807, 2.05) is 37.3 Å². The van der Waals surface area contributed by atoms with Crippen molar-refractivity contribution < 1.29 is 9.18 Å². The van der Waals surface area contributed by atoms with Crippen LogP contribution in [0.2, 0.25) is 0 Å². The van der Waals surface area contributed by atoms with Crippen molar-refractivity contribution in [3.8, 4) is 0 Å². The number of nitrogens with two attached hydrogens (primary N) is 1. The zero-order valence-electron chi connectivity index (χ0n) is 11.8. The number of nitrogens with zero attached hydrogens (tertiary/aromatic N) is 1. The Bertz CT molecular complexity index is 672. The third-order valence-corrected chi connectivity index (χ3v) is 3.96.